The van der Waals surface area contributed by atoms with E-state index in [9.17, 15) is 44.1 Å². The zero-order valence-corrected chi connectivity index (χ0v) is 38.3. The average molecular weight is 875 g/mol. The second kappa shape index (κ2) is 20.6. The van der Waals surface area contributed by atoms with Crippen LogP contribution in [0.2, 0.25) is 0 Å². The van der Waals surface area contributed by atoms with Crippen LogP contribution >= 0.6 is 0 Å². The highest BCUT2D eigenvalue weighted by Crippen LogP contribution is 2.41. The molecule has 3 saturated heterocycles. The number of cyclic esters (lactones) is 1. The van der Waals surface area contributed by atoms with Crippen LogP contribution in [0.1, 0.15) is 109 Å². The van der Waals surface area contributed by atoms with Gasteiger partial charge in [0.25, 0.3) is 0 Å². The van der Waals surface area contributed by atoms with E-state index in [-0.39, 0.29) is 19.3 Å². The Morgan fingerprint density at radius 3 is 1.89 bits per heavy atom. The summed E-state index contributed by atoms with van der Waals surface area (Å²) < 4.78 is 53.9. The van der Waals surface area contributed by atoms with Crippen LogP contribution in [0.5, 0.6) is 0 Å². The molecule has 0 aromatic heterocycles. The smallest absolute Gasteiger partial charge is 0.312 e. The van der Waals surface area contributed by atoms with Gasteiger partial charge in [0.1, 0.15) is 29.5 Å². The Bertz CT molecular complexity index is 1580. The van der Waals surface area contributed by atoms with Crippen LogP contribution in [0.3, 0.4) is 0 Å². The van der Waals surface area contributed by atoms with Gasteiger partial charge >= 0.3 is 23.9 Å². The Balaban J connectivity index is 2.30. The summed E-state index contributed by atoms with van der Waals surface area (Å²) in [7, 11) is 2.60. The lowest BCUT2D eigenvalue weighted by atomic mass is 9.74. The van der Waals surface area contributed by atoms with Crippen molar-refractivity contribution in [2.75, 3.05) is 14.2 Å². The molecule has 0 bridgehead atoms. The first-order valence-electron chi connectivity index (χ1n) is 21.0. The molecule has 19 atom stereocenters. The van der Waals surface area contributed by atoms with Crippen molar-refractivity contribution < 1.29 is 86.7 Å². The van der Waals surface area contributed by atoms with Gasteiger partial charge in [-0.1, -0.05) is 27.7 Å². The fourth-order valence-electron chi connectivity index (χ4n) is 9.45. The fraction of sp³-hybridized carbons (Fsp3) is 0.860. The minimum absolute atomic E-state index is 0.00430. The maximum absolute atomic E-state index is 14.6. The molecule has 2 unspecified atom stereocenters. The summed E-state index contributed by atoms with van der Waals surface area (Å²) in [5.74, 6) is -10.8. The number of aliphatic hydroxyl groups is 3. The van der Waals surface area contributed by atoms with Gasteiger partial charge in [-0.3, -0.25) is 28.8 Å². The van der Waals surface area contributed by atoms with Crippen molar-refractivity contribution >= 4 is 35.4 Å². The van der Waals surface area contributed by atoms with E-state index < -0.39 is 149 Å². The highest BCUT2D eigenvalue weighted by Gasteiger charge is 2.55. The molecular weight excluding hydrogens is 804 g/mol. The first-order valence-corrected chi connectivity index (χ1v) is 21.0. The van der Waals surface area contributed by atoms with E-state index in [0.717, 1.165) is 21.0 Å². The molecule has 3 heterocycles. The predicted octanol–water partition coefficient (Wildman–Crippen LogP) is 2.60. The summed E-state index contributed by atoms with van der Waals surface area (Å²) >= 11 is 0. The number of hydrogen-bond acceptors (Lipinski definition) is 18. The first-order chi connectivity index (χ1) is 28.1. The quantitative estimate of drug-likeness (QED) is 0.211. The lowest BCUT2D eigenvalue weighted by Gasteiger charge is -2.48. The highest BCUT2D eigenvalue weighted by molar-refractivity contribution is 5.89. The number of aliphatic hydroxyl groups excluding tert-OH is 1. The number of hydrogen-bond donors (Lipinski definition) is 3. The van der Waals surface area contributed by atoms with Crippen molar-refractivity contribution in [2.24, 2.45) is 35.5 Å². The van der Waals surface area contributed by atoms with E-state index in [1.54, 1.807) is 41.5 Å². The molecule has 0 saturated carbocycles. The van der Waals surface area contributed by atoms with Gasteiger partial charge in [-0.2, -0.15) is 0 Å². The van der Waals surface area contributed by atoms with Crippen LogP contribution in [-0.2, 0) is 71.4 Å². The third-order valence-corrected chi connectivity index (χ3v) is 12.9. The molecule has 3 N–H and O–H groups in total. The lowest BCUT2D eigenvalue weighted by Crippen LogP contribution is -2.62. The summed E-state index contributed by atoms with van der Waals surface area (Å²) in [4.78, 5) is 79.4. The van der Waals surface area contributed by atoms with Gasteiger partial charge in [0.05, 0.1) is 49.3 Å². The molecule has 0 aromatic rings. The molecule has 350 valence electrons. The van der Waals surface area contributed by atoms with Crippen LogP contribution in [0.15, 0.2) is 0 Å². The number of methoxy groups -OCH3 is 2. The number of ketones is 2. The van der Waals surface area contributed by atoms with E-state index in [1.165, 1.54) is 41.7 Å². The van der Waals surface area contributed by atoms with Gasteiger partial charge in [-0.05, 0) is 60.8 Å². The lowest BCUT2D eigenvalue weighted by molar-refractivity contribution is -0.319. The predicted molar refractivity (Wildman–Crippen MR) is 213 cm³/mol. The molecule has 0 radical (unpaired) electrons. The molecule has 3 aliphatic rings. The van der Waals surface area contributed by atoms with Crippen molar-refractivity contribution in [1.82, 2.24) is 0 Å². The van der Waals surface area contributed by atoms with Crippen molar-refractivity contribution in [1.29, 1.82) is 0 Å². The molecule has 3 aliphatic heterocycles. The molecule has 18 heteroatoms. The Hall–Kier alpha value is -3.10. The summed E-state index contributed by atoms with van der Waals surface area (Å²) in [6, 6.07) is 0. The van der Waals surface area contributed by atoms with Gasteiger partial charge in [0.15, 0.2) is 35.9 Å². The van der Waals surface area contributed by atoms with Gasteiger partial charge in [0.2, 0.25) is 0 Å². The maximum atomic E-state index is 14.6. The van der Waals surface area contributed by atoms with Crippen molar-refractivity contribution in [3.05, 3.63) is 0 Å². The number of carbonyl (C=O) groups is 6. The molecule has 18 nitrogen and oxygen atoms in total. The van der Waals surface area contributed by atoms with Crippen LogP contribution in [0, 0.1) is 35.5 Å². The molecule has 0 aromatic carbocycles. The second-order valence-corrected chi connectivity index (χ2v) is 18.1. The third kappa shape index (κ3) is 11.7. The van der Waals surface area contributed by atoms with Crippen LogP contribution in [-0.4, -0.2) is 143 Å². The number of esters is 4. The monoisotopic (exact) mass is 874 g/mol. The Kier molecular flexibility index (Phi) is 17.6. The minimum Gasteiger partial charge on any atom is -0.469 e. The van der Waals surface area contributed by atoms with Crippen LogP contribution in [0.25, 0.3) is 0 Å². The fourth-order valence-corrected chi connectivity index (χ4v) is 9.45. The SMILES string of the molecule is COC(=O)[C@H](C)C1OC(=O)[C@H](C)C(O[C@H]2C[C@@](C)(OC)[C@H](OC(C)=O)[C@H](C)O2)[C@H](C)[C@@H](O[C@@H]2O[C@H](C)C[C@](O)(C(C)=O)[C@H]2O)[C@@H](C)C[C@](C)(O)C(=O)[C@H](C)[C@@H](OC(C)=O)[C@H]1C. The molecule has 0 spiro atoms. The number of carbonyl (C=O) groups excluding carboxylic acids is 6. The Morgan fingerprint density at radius 2 is 1.36 bits per heavy atom. The Morgan fingerprint density at radius 1 is 0.770 bits per heavy atom. The largest absolute Gasteiger partial charge is 0.469 e. The summed E-state index contributed by atoms with van der Waals surface area (Å²) in [5, 5.41) is 34.9. The van der Waals surface area contributed by atoms with Crippen LogP contribution in [0.4, 0.5) is 0 Å². The molecular formula is C43H70O18. The van der Waals surface area contributed by atoms with E-state index in [4.69, 9.17) is 42.6 Å². The van der Waals surface area contributed by atoms with E-state index in [1.807, 2.05) is 0 Å². The molecule has 3 rings (SSSR count). The van der Waals surface area contributed by atoms with Crippen LogP contribution < -0.4 is 0 Å². The van der Waals surface area contributed by atoms with E-state index in [2.05, 4.69) is 0 Å². The normalized spacial score (nSPS) is 43.5. The topological polar surface area (TPSA) is 246 Å². The molecule has 3 fully saturated rings. The average Bonchev–Trinajstić information content (AvgIpc) is 3.17. The number of Topliss-reactive ketones (excluding diaryl/α,β-unsaturated/α-hetero) is 2. The number of ether oxygens (including phenoxy) is 9. The first kappa shape index (κ1) is 52.2. The van der Waals surface area contributed by atoms with Crippen molar-refractivity contribution in [3.63, 3.8) is 0 Å². The highest BCUT2D eigenvalue weighted by atomic mass is 16.7. The maximum Gasteiger partial charge on any atom is 0.312 e. The zero-order chi connectivity index (χ0) is 46.7. The summed E-state index contributed by atoms with van der Waals surface area (Å²) in [5.41, 5.74) is -5.52. The van der Waals surface area contributed by atoms with Gasteiger partial charge in [-0.15, -0.1) is 0 Å². The summed E-state index contributed by atoms with van der Waals surface area (Å²) in [6.07, 6.45) is -12.6. The minimum atomic E-state index is -2.25. The standard InChI is InChI=1S/C43H70O18/c1-19-16-41(12,51)35(47)23(5)32(57-28(10)45)22(4)34(24(6)38(49)53-14)60-39(50)25(7)33(59-30-18-42(13,54-15)37(26(8)56-30)58-29(11)46)21(3)31(19)61-40-36(48)43(52,27(9)44)17-20(2)55-40/h19-26,30-34,36-37,40,48,51-52H,16-18H2,1-15H3/t19-,20+,21+,22+,23+,24+,25+,26-,30-,31-,32-,33?,34?,36-,37+,40-,41-,42+,43-/m0/s1. The zero-order valence-electron chi connectivity index (χ0n) is 38.3. The van der Waals surface area contributed by atoms with Gasteiger partial charge in [0, 0.05) is 45.6 Å². The van der Waals surface area contributed by atoms with Gasteiger partial charge < -0.3 is 58.0 Å². The Labute approximate surface area is 358 Å². The van der Waals surface area contributed by atoms with Crippen molar-refractivity contribution in [2.45, 2.75) is 187 Å². The number of rotatable bonds is 10. The third-order valence-electron chi connectivity index (χ3n) is 12.9. The molecule has 61 heavy (non-hydrogen) atoms. The van der Waals surface area contributed by atoms with E-state index >= 15 is 0 Å². The van der Waals surface area contributed by atoms with Crippen molar-refractivity contribution in [3.8, 4) is 0 Å². The molecule has 0 aliphatic carbocycles. The van der Waals surface area contributed by atoms with E-state index in [0.29, 0.717) is 0 Å². The second-order valence-electron chi connectivity index (χ2n) is 18.1. The summed E-state index contributed by atoms with van der Waals surface area (Å²) in [6.45, 7) is 19.2. The van der Waals surface area contributed by atoms with Gasteiger partial charge in [-0.25, -0.2) is 0 Å². The molecule has 0 amide bonds.